The van der Waals surface area contributed by atoms with Gasteiger partial charge in [0.2, 0.25) is 0 Å². The lowest BCUT2D eigenvalue weighted by atomic mass is 10.0. The van der Waals surface area contributed by atoms with Crippen LogP contribution in [0.5, 0.6) is 11.5 Å². The first-order valence-corrected chi connectivity index (χ1v) is 10.7. The van der Waals surface area contributed by atoms with Gasteiger partial charge in [0.1, 0.15) is 16.0 Å². The summed E-state index contributed by atoms with van der Waals surface area (Å²) in [4.78, 5) is 12.9. The minimum atomic E-state index is -0.833. The van der Waals surface area contributed by atoms with Crippen molar-refractivity contribution in [1.29, 1.82) is 0 Å². The topological polar surface area (TPSA) is 78.4 Å². The van der Waals surface area contributed by atoms with E-state index in [1.165, 1.54) is 6.21 Å². The number of ether oxygens (including phenoxy) is 4. The van der Waals surface area contributed by atoms with Gasteiger partial charge >= 0.3 is 0 Å². The monoisotopic (exact) mass is 500 g/mol. The van der Waals surface area contributed by atoms with E-state index >= 15 is 0 Å². The second-order valence-electron chi connectivity index (χ2n) is 6.82. The Bertz CT molecular complexity index is 1080. The van der Waals surface area contributed by atoms with Crippen LogP contribution >= 0.6 is 15.9 Å². The summed E-state index contributed by atoms with van der Waals surface area (Å²) in [5, 5.41) is 6.21. The summed E-state index contributed by atoms with van der Waals surface area (Å²) in [7, 11) is 4.71. The lowest BCUT2D eigenvalue weighted by Crippen LogP contribution is -2.28. The molecule has 1 N–H and O–H groups in total. The summed E-state index contributed by atoms with van der Waals surface area (Å²) in [6.45, 7) is 0.644. The van der Waals surface area contributed by atoms with E-state index in [4.69, 9.17) is 18.9 Å². The van der Waals surface area contributed by atoms with Crippen molar-refractivity contribution in [2.75, 3.05) is 34.5 Å². The number of methoxy groups -OCH3 is 3. The van der Waals surface area contributed by atoms with Crippen LogP contribution in [0.4, 0.5) is 0 Å². The quantitative estimate of drug-likeness (QED) is 0.252. The molecule has 3 aromatic rings. The van der Waals surface area contributed by atoms with Crippen LogP contribution in [0.3, 0.4) is 0 Å². The van der Waals surface area contributed by atoms with Crippen molar-refractivity contribution in [3.8, 4) is 11.5 Å². The Kier molecular flexibility index (Phi) is 8.61. The maximum atomic E-state index is 12.9. The molecule has 1 unspecified atom stereocenters. The average molecular weight is 501 g/mol. The Balaban J connectivity index is 1.79. The van der Waals surface area contributed by atoms with Gasteiger partial charge in [0, 0.05) is 12.7 Å². The molecule has 1 amide bonds. The van der Waals surface area contributed by atoms with Gasteiger partial charge in [-0.05, 0) is 50.5 Å². The maximum Gasteiger partial charge on any atom is 0.273 e. The third-order valence-corrected chi connectivity index (χ3v) is 5.52. The first-order valence-electron chi connectivity index (χ1n) is 9.91. The number of hydrogen-bond donors (Lipinski definition) is 1. The standard InChI is InChI=1S/C24H25BrN2O5/c1-29-10-11-32-23(19-9-8-17-6-4-5-7-18(17)14-19)24(28)27-26-15-16-12-20(30-2)22(25)21(13-16)31-3/h4-9,12-15,23H,10-11H2,1-3H3,(H,27,28)/b26-15+. The molecule has 3 rings (SSSR count). The fraction of sp³-hybridized carbons (Fsp3) is 0.250. The minimum Gasteiger partial charge on any atom is -0.495 e. The molecule has 0 fully saturated rings. The summed E-state index contributed by atoms with van der Waals surface area (Å²) in [6.07, 6.45) is 0.683. The van der Waals surface area contributed by atoms with Crippen molar-refractivity contribution in [2.45, 2.75) is 6.10 Å². The van der Waals surface area contributed by atoms with E-state index < -0.39 is 6.10 Å². The van der Waals surface area contributed by atoms with Crippen LogP contribution in [0.2, 0.25) is 0 Å². The number of amides is 1. The van der Waals surface area contributed by atoms with Crippen molar-refractivity contribution < 1.29 is 23.7 Å². The third-order valence-electron chi connectivity index (χ3n) is 4.74. The summed E-state index contributed by atoms with van der Waals surface area (Å²) in [5.41, 5.74) is 4.00. The number of benzene rings is 3. The molecule has 7 nitrogen and oxygen atoms in total. The first-order chi connectivity index (χ1) is 15.6. The highest BCUT2D eigenvalue weighted by Crippen LogP contribution is 2.35. The Morgan fingerprint density at radius 3 is 2.34 bits per heavy atom. The molecule has 168 valence electrons. The molecular weight excluding hydrogens is 476 g/mol. The van der Waals surface area contributed by atoms with Gasteiger partial charge in [0.25, 0.3) is 5.91 Å². The Hall–Kier alpha value is -2.94. The van der Waals surface area contributed by atoms with Gasteiger partial charge in [-0.3, -0.25) is 4.79 Å². The molecule has 8 heteroatoms. The van der Waals surface area contributed by atoms with Crippen molar-refractivity contribution in [1.82, 2.24) is 5.43 Å². The zero-order valence-corrected chi connectivity index (χ0v) is 19.7. The zero-order chi connectivity index (χ0) is 22.9. The van der Waals surface area contributed by atoms with Crippen LogP contribution in [-0.2, 0) is 14.3 Å². The second kappa shape index (κ2) is 11.6. The summed E-state index contributed by atoms with van der Waals surface area (Å²) in [6, 6.07) is 17.3. The Morgan fingerprint density at radius 1 is 1.00 bits per heavy atom. The molecule has 0 aliphatic rings. The number of nitrogens with zero attached hydrogens (tertiary/aromatic N) is 1. The molecule has 3 aromatic carbocycles. The highest BCUT2D eigenvalue weighted by atomic mass is 79.9. The number of hydrogen-bond acceptors (Lipinski definition) is 6. The molecule has 0 aliphatic carbocycles. The van der Waals surface area contributed by atoms with E-state index in [9.17, 15) is 4.79 Å². The fourth-order valence-corrected chi connectivity index (χ4v) is 3.69. The maximum absolute atomic E-state index is 12.9. The van der Waals surface area contributed by atoms with Gasteiger partial charge in [-0.25, -0.2) is 5.43 Å². The van der Waals surface area contributed by atoms with Crippen LogP contribution in [0, 0.1) is 0 Å². The van der Waals surface area contributed by atoms with E-state index in [1.807, 2.05) is 42.5 Å². The third kappa shape index (κ3) is 5.85. The van der Waals surface area contributed by atoms with Crippen LogP contribution in [0.1, 0.15) is 17.2 Å². The highest BCUT2D eigenvalue weighted by Gasteiger charge is 2.21. The minimum absolute atomic E-state index is 0.270. The number of hydrazone groups is 1. The normalized spacial score (nSPS) is 12.1. The smallest absolute Gasteiger partial charge is 0.273 e. The van der Waals surface area contributed by atoms with Crippen LogP contribution in [0.15, 0.2) is 64.2 Å². The molecule has 0 bridgehead atoms. The van der Waals surface area contributed by atoms with Gasteiger partial charge in [-0.2, -0.15) is 5.10 Å². The summed E-state index contributed by atoms with van der Waals surface area (Å²) < 4.78 is 22.2. The lowest BCUT2D eigenvalue weighted by Gasteiger charge is -2.17. The lowest BCUT2D eigenvalue weighted by molar-refractivity contribution is -0.134. The number of fused-ring (bicyclic) bond motifs is 1. The largest absolute Gasteiger partial charge is 0.495 e. The van der Waals surface area contributed by atoms with Crippen LogP contribution < -0.4 is 14.9 Å². The highest BCUT2D eigenvalue weighted by molar-refractivity contribution is 9.10. The van der Waals surface area contributed by atoms with Crippen LogP contribution in [0.25, 0.3) is 10.8 Å². The number of halogens is 1. The average Bonchev–Trinajstić information content (AvgIpc) is 2.82. The van der Waals surface area contributed by atoms with E-state index in [-0.39, 0.29) is 12.5 Å². The summed E-state index contributed by atoms with van der Waals surface area (Å²) >= 11 is 3.43. The molecule has 1 atom stereocenters. The Morgan fingerprint density at radius 2 is 1.69 bits per heavy atom. The van der Waals surface area contributed by atoms with Crippen molar-refractivity contribution in [2.24, 2.45) is 5.10 Å². The van der Waals surface area contributed by atoms with E-state index in [0.29, 0.717) is 28.1 Å². The molecule has 32 heavy (non-hydrogen) atoms. The van der Waals surface area contributed by atoms with Gasteiger partial charge in [-0.15, -0.1) is 0 Å². The molecule has 0 spiro atoms. The van der Waals surface area contributed by atoms with Gasteiger partial charge in [0.05, 0.1) is 33.6 Å². The number of carbonyl (C=O) groups excluding carboxylic acids is 1. The second-order valence-corrected chi connectivity index (χ2v) is 7.62. The molecule has 0 heterocycles. The molecule has 0 radical (unpaired) electrons. The van der Waals surface area contributed by atoms with E-state index in [2.05, 4.69) is 26.5 Å². The Labute approximate surface area is 195 Å². The molecular formula is C24H25BrN2O5. The van der Waals surface area contributed by atoms with E-state index in [0.717, 1.165) is 16.3 Å². The molecule has 0 aromatic heterocycles. The molecule has 0 aliphatic heterocycles. The number of carbonyl (C=O) groups is 1. The van der Waals surface area contributed by atoms with E-state index in [1.54, 1.807) is 33.5 Å². The fourth-order valence-electron chi connectivity index (χ4n) is 3.14. The van der Waals surface area contributed by atoms with Gasteiger partial charge < -0.3 is 18.9 Å². The SMILES string of the molecule is COCCOC(C(=O)N/N=C/c1cc(OC)c(Br)c(OC)c1)c1ccc2ccccc2c1. The van der Waals surface area contributed by atoms with Crippen LogP contribution in [-0.4, -0.2) is 46.7 Å². The molecule has 0 saturated carbocycles. The predicted octanol–water partition coefficient (Wildman–Crippen LogP) is 4.47. The van der Waals surface area contributed by atoms with Crippen molar-refractivity contribution >= 4 is 38.8 Å². The predicted molar refractivity (Wildman–Crippen MR) is 127 cm³/mol. The van der Waals surface area contributed by atoms with Gasteiger partial charge in [0.15, 0.2) is 6.10 Å². The zero-order valence-electron chi connectivity index (χ0n) is 18.1. The number of nitrogens with one attached hydrogen (secondary N) is 1. The first kappa shape index (κ1) is 23.7. The molecule has 0 saturated heterocycles. The number of rotatable bonds is 10. The van der Waals surface area contributed by atoms with Crippen molar-refractivity contribution in [3.05, 3.63) is 70.2 Å². The summed E-state index contributed by atoms with van der Waals surface area (Å²) in [5.74, 6) is 0.798. The van der Waals surface area contributed by atoms with Crippen molar-refractivity contribution in [3.63, 3.8) is 0 Å². The van der Waals surface area contributed by atoms with Gasteiger partial charge in [-0.1, -0.05) is 36.4 Å².